The first-order valence-electron chi connectivity index (χ1n) is 7.20. The van der Waals surface area contributed by atoms with Crippen LogP contribution < -0.4 is 0 Å². The van der Waals surface area contributed by atoms with Crippen molar-refractivity contribution in [2.24, 2.45) is 0 Å². The summed E-state index contributed by atoms with van der Waals surface area (Å²) in [5.74, 6) is -0.158. The van der Waals surface area contributed by atoms with Crippen LogP contribution in [0.3, 0.4) is 0 Å². The molecule has 0 bridgehead atoms. The van der Waals surface area contributed by atoms with Crippen molar-refractivity contribution in [2.75, 3.05) is 7.11 Å². The van der Waals surface area contributed by atoms with Crippen LogP contribution in [0.4, 0.5) is 0 Å². The molecule has 0 unspecified atom stereocenters. The Bertz CT molecular complexity index is 624. The third kappa shape index (κ3) is 2.98. The van der Waals surface area contributed by atoms with Crippen molar-refractivity contribution in [1.29, 1.82) is 0 Å². The molecule has 3 heteroatoms. The normalized spacial score (nSPS) is 17.5. The van der Waals surface area contributed by atoms with E-state index < -0.39 is 0 Å². The molecule has 1 aliphatic rings. The summed E-state index contributed by atoms with van der Waals surface area (Å²) in [6, 6.07) is 18.8. The Balaban J connectivity index is 1.84. The van der Waals surface area contributed by atoms with Gasteiger partial charge in [-0.1, -0.05) is 54.6 Å². The van der Waals surface area contributed by atoms with Gasteiger partial charge >= 0.3 is 5.97 Å². The first-order chi connectivity index (χ1) is 10.3. The van der Waals surface area contributed by atoms with Crippen molar-refractivity contribution in [1.82, 2.24) is 4.90 Å². The van der Waals surface area contributed by atoms with Crippen LogP contribution in [0.5, 0.6) is 0 Å². The molecule has 1 heterocycles. The maximum Gasteiger partial charge on any atom is 0.307 e. The second-order valence-electron chi connectivity index (χ2n) is 5.39. The molecule has 0 aromatic heterocycles. The third-order valence-electron chi connectivity index (χ3n) is 4.04. The van der Waals surface area contributed by atoms with Gasteiger partial charge < -0.3 is 4.74 Å². The Morgan fingerprint density at radius 2 is 1.86 bits per heavy atom. The fourth-order valence-electron chi connectivity index (χ4n) is 2.99. The summed E-state index contributed by atoms with van der Waals surface area (Å²) in [7, 11) is 1.45. The van der Waals surface area contributed by atoms with E-state index in [9.17, 15) is 4.79 Å². The van der Waals surface area contributed by atoms with Crippen LogP contribution in [0, 0.1) is 0 Å². The number of esters is 1. The summed E-state index contributed by atoms with van der Waals surface area (Å²) in [6.45, 7) is 1.73. The van der Waals surface area contributed by atoms with Crippen LogP contribution in [-0.2, 0) is 22.6 Å². The predicted octanol–water partition coefficient (Wildman–Crippen LogP) is 3.31. The van der Waals surface area contributed by atoms with Crippen LogP contribution in [-0.4, -0.2) is 18.0 Å². The Hall–Kier alpha value is -2.13. The summed E-state index contributed by atoms with van der Waals surface area (Å²) >= 11 is 0. The van der Waals surface area contributed by atoms with Gasteiger partial charge in [-0.2, -0.15) is 0 Å². The Morgan fingerprint density at radius 3 is 2.62 bits per heavy atom. The van der Waals surface area contributed by atoms with Gasteiger partial charge in [0.05, 0.1) is 13.5 Å². The van der Waals surface area contributed by atoms with Crippen molar-refractivity contribution >= 4 is 5.97 Å². The summed E-state index contributed by atoms with van der Waals surface area (Å²) in [6.07, 6.45) is 0.403. The van der Waals surface area contributed by atoms with Gasteiger partial charge in [-0.05, 0) is 16.7 Å². The molecule has 0 spiro atoms. The van der Waals surface area contributed by atoms with Crippen molar-refractivity contribution in [3.05, 3.63) is 71.3 Å². The van der Waals surface area contributed by atoms with Crippen LogP contribution >= 0.6 is 0 Å². The molecule has 0 saturated heterocycles. The predicted molar refractivity (Wildman–Crippen MR) is 81.5 cm³/mol. The van der Waals surface area contributed by atoms with E-state index in [1.54, 1.807) is 0 Å². The van der Waals surface area contributed by atoms with E-state index in [0.29, 0.717) is 6.42 Å². The van der Waals surface area contributed by atoms with Gasteiger partial charge in [0.15, 0.2) is 0 Å². The minimum Gasteiger partial charge on any atom is -0.469 e. The highest BCUT2D eigenvalue weighted by molar-refractivity contribution is 5.70. The summed E-state index contributed by atoms with van der Waals surface area (Å²) in [5, 5.41) is 0. The van der Waals surface area contributed by atoms with E-state index >= 15 is 0 Å². The molecule has 3 rings (SSSR count). The number of fused-ring (bicyclic) bond motifs is 1. The molecular weight excluding hydrogens is 262 g/mol. The van der Waals surface area contributed by atoms with Gasteiger partial charge in [0.25, 0.3) is 0 Å². The van der Waals surface area contributed by atoms with E-state index in [0.717, 1.165) is 13.1 Å². The number of ether oxygens (including phenoxy) is 1. The van der Waals surface area contributed by atoms with Gasteiger partial charge in [0.1, 0.15) is 0 Å². The fraction of sp³-hybridized carbons (Fsp3) is 0.278. The number of nitrogens with zero attached hydrogens (tertiary/aromatic N) is 1. The number of carbonyl (C=O) groups is 1. The molecule has 0 fully saturated rings. The lowest BCUT2D eigenvalue weighted by atomic mass is 10.0. The zero-order valence-corrected chi connectivity index (χ0v) is 12.2. The second kappa shape index (κ2) is 6.10. The lowest BCUT2D eigenvalue weighted by Crippen LogP contribution is -2.24. The van der Waals surface area contributed by atoms with E-state index in [1.165, 1.54) is 23.8 Å². The molecule has 0 saturated carbocycles. The van der Waals surface area contributed by atoms with Crippen molar-refractivity contribution < 1.29 is 9.53 Å². The molecule has 1 atom stereocenters. The first-order valence-corrected chi connectivity index (χ1v) is 7.20. The molecular formula is C18H19NO2. The molecule has 2 aromatic carbocycles. The number of methoxy groups -OCH3 is 1. The summed E-state index contributed by atoms with van der Waals surface area (Å²) in [5.41, 5.74) is 3.82. The average Bonchev–Trinajstić information content (AvgIpc) is 2.86. The van der Waals surface area contributed by atoms with Gasteiger partial charge in [-0.15, -0.1) is 0 Å². The number of carbonyl (C=O) groups excluding carboxylic acids is 1. The Labute approximate surface area is 125 Å². The van der Waals surface area contributed by atoms with Crippen molar-refractivity contribution in [3.63, 3.8) is 0 Å². The largest absolute Gasteiger partial charge is 0.469 e. The molecule has 0 N–H and O–H groups in total. The fourth-order valence-corrected chi connectivity index (χ4v) is 2.99. The third-order valence-corrected chi connectivity index (χ3v) is 4.04. The van der Waals surface area contributed by atoms with Crippen LogP contribution in [0.15, 0.2) is 54.6 Å². The number of benzene rings is 2. The van der Waals surface area contributed by atoms with E-state index in [1.807, 2.05) is 24.3 Å². The van der Waals surface area contributed by atoms with E-state index in [4.69, 9.17) is 4.74 Å². The van der Waals surface area contributed by atoms with Crippen molar-refractivity contribution in [3.8, 4) is 0 Å². The maximum atomic E-state index is 11.7. The molecule has 108 valence electrons. The molecule has 1 aliphatic heterocycles. The van der Waals surface area contributed by atoms with Gasteiger partial charge in [-0.3, -0.25) is 9.69 Å². The molecule has 21 heavy (non-hydrogen) atoms. The SMILES string of the molecule is COC(=O)C[C@H]1c2ccccc2CN1Cc1ccccc1. The van der Waals surface area contributed by atoms with Gasteiger partial charge in [0.2, 0.25) is 0 Å². The molecule has 3 nitrogen and oxygen atoms in total. The summed E-state index contributed by atoms with van der Waals surface area (Å²) in [4.78, 5) is 14.1. The molecule has 2 aromatic rings. The lowest BCUT2D eigenvalue weighted by Gasteiger charge is -2.24. The summed E-state index contributed by atoms with van der Waals surface area (Å²) < 4.78 is 4.86. The van der Waals surface area contributed by atoms with Gasteiger partial charge in [0, 0.05) is 19.1 Å². The smallest absolute Gasteiger partial charge is 0.307 e. The Kier molecular flexibility index (Phi) is 4.02. The quantitative estimate of drug-likeness (QED) is 0.805. The second-order valence-corrected chi connectivity index (χ2v) is 5.39. The van der Waals surface area contributed by atoms with E-state index in [2.05, 4.69) is 35.2 Å². The van der Waals surface area contributed by atoms with Crippen LogP contribution in [0.2, 0.25) is 0 Å². The minimum atomic E-state index is -0.158. The number of rotatable bonds is 4. The van der Waals surface area contributed by atoms with Crippen molar-refractivity contribution in [2.45, 2.75) is 25.6 Å². The highest BCUT2D eigenvalue weighted by atomic mass is 16.5. The van der Waals surface area contributed by atoms with Crippen LogP contribution in [0.1, 0.15) is 29.2 Å². The first kappa shape index (κ1) is 13.8. The topological polar surface area (TPSA) is 29.5 Å². The lowest BCUT2D eigenvalue weighted by molar-refractivity contribution is -0.142. The minimum absolute atomic E-state index is 0.105. The monoisotopic (exact) mass is 281 g/mol. The van der Waals surface area contributed by atoms with Gasteiger partial charge in [-0.25, -0.2) is 0 Å². The highest BCUT2D eigenvalue weighted by Gasteiger charge is 2.31. The van der Waals surface area contributed by atoms with Crippen LogP contribution in [0.25, 0.3) is 0 Å². The molecule has 0 radical (unpaired) electrons. The standard InChI is InChI=1S/C18H19NO2/c1-21-18(20)11-17-16-10-6-5-9-15(16)13-19(17)12-14-7-3-2-4-8-14/h2-10,17H,11-13H2,1H3/t17-/m0/s1. The number of hydrogen-bond donors (Lipinski definition) is 0. The van der Waals surface area contributed by atoms with E-state index in [-0.39, 0.29) is 12.0 Å². The average molecular weight is 281 g/mol. The Morgan fingerprint density at radius 1 is 1.14 bits per heavy atom. The zero-order valence-electron chi connectivity index (χ0n) is 12.2. The maximum absolute atomic E-state index is 11.7. The molecule has 0 amide bonds. The number of hydrogen-bond acceptors (Lipinski definition) is 3. The zero-order chi connectivity index (χ0) is 14.7. The molecule has 0 aliphatic carbocycles. The highest BCUT2D eigenvalue weighted by Crippen LogP contribution is 2.37.